The number of carbonyl (C=O) groups is 2. The van der Waals surface area contributed by atoms with Crippen molar-refractivity contribution >= 4 is 11.6 Å². The van der Waals surface area contributed by atoms with Crippen LogP contribution in [0.15, 0.2) is 17.2 Å². The molecular weight excluding hydrogens is 208 g/mol. The normalized spacial score (nSPS) is 21.2. The summed E-state index contributed by atoms with van der Waals surface area (Å²) in [5.41, 5.74) is 0.390. The third-order valence-corrected chi connectivity index (χ3v) is 2.75. The number of carbonyl (C=O) groups excluding carboxylic acids is 2. The number of hydrogen-bond donors (Lipinski definition) is 0. The monoisotopic (exact) mass is 220 g/mol. The van der Waals surface area contributed by atoms with Gasteiger partial charge in [-0.15, -0.1) is 0 Å². The summed E-state index contributed by atoms with van der Waals surface area (Å²) in [5, 5.41) is 0. The molecule has 0 radical (unpaired) electrons. The van der Waals surface area contributed by atoms with Gasteiger partial charge in [0, 0.05) is 18.2 Å². The Kier molecular flexibility index (Phi) is 2.68. The maximum Gasteiger partial charge on any atom is 0.254 e. The van der Waals surface area contributed by atoms with Crippen LogP contribution in [0.25, 0.3) is 0 Å². The highest BCUT2D eigenvalue weighted by Gasteiger charge is 2.28. The largest absolute Gasteiger partial charge is 0.299 e. The van der Waals surface area contributed by atoms with Crippen molar-refractivity contribution in [3.63, 3.8) is 0 Å². The fourth-order valence-electron chi connectivity index (χ4n) is 1.89. The van der Waals surface area contributed by atoms with E-state index in [1.807, 2.05) is 0 Å². The second-order valence-electron chi connectivity index (χ2n) is 4.01. The van der Waals surface area contributed by atoms with Crippen molar-refractivity contribution < 1.29 is 9.59 Å². The molecule has 0 amide bonds. The molecule has 1 atom stereocenters. The maximum atomic E-state index is 11.7. The van der Waals surface area contributed by atoms with Gasteiger partial charge in [-0.1, -0.05) is 0 Å². The van der Waals surface area contributed by atoms with Gasteiger partial charge in [0.1, 0.15) is 5.78 Å². The van der Waals surface area contributed by atoms with Gasteiger partial charge in [-0.3, -0.25) is 19.0 Å². The van der Waals surface area contributed by atoms with E-state index in [0.29, 0.717) is 18.5 Å². The molecule has 1 aromatic heterocycles. The van der Waals surface area contributed by atoms with Gasteiger partial charge in [0.2, 0.25) is 0 Å². The first-order valence-corrected chi connectivity index (χ1v) is 5.17. The van der Waals surface area contributed by atoms with Crippen LogP contribution in [-0.4, -0.2) is 21.1 Å². The van der Waals surface area contributed by atoms with E-state index in [1.165, 1.54) is 17.0 Å². The van der Waals surface area contributed by atoms with E-state index in [1.54, 1.807) is 6.92 Å². The highest BCUT2D eigenvalue weighted by molar-refractivity contribution is 6.03. The zero-order valence-electron chi connectivity index (χ0n) is 8.97. The molecule has 1 fully saturated rings. The first kappa shape index (κ1) is 10.7. The minimum absolute atomic E-state index is 0.0469. The number of aromatic nitrogens is 2. The second-order valence-corrected chi connectivity index (χ2v) is 4.01. The van der Waals surface area contributed by atoms with Crippen LogP contribution >= 0.6 is 0 Å². The Bertz CT molecular complexity index is 504. The van der Waals surface area contributed by atoms with Crippen molar-refractivity contribution in [2.75, 3.05) is 0 Å². The maximum absolute atomic E-state index is 11.7. The molecule has 5 nitrogen and oxygen atoms in total. The lowest BCUT2D eigenvalue weighted by Crippen LogP contribution is -2.34. The Labute approximate surface area is 92.1 Å². The molecule has 5 heteroatoms. The molecular formula is C11H12N2O3. The van der Waals surface area contributed by atoms with Gasteiger partial charge in [-0.2, -0.15) is 0 Å². The third kappa shape index (κ3) is 1.93. The highest BCUT2D eigenvalue weighted by Crippen LogP contribution is 2.21. The molecule has 0 spiro atoms. The molecule has 84 valence electrons. The molecule has 0 aliphatic heterocycles. The second kappa shape index (κ2) is 4.00. The fraction of sp³-hybridized carbons (Fsp3) is 0.455. The molecule has 0 saturated heterocycles. The molecule has 1 aromatic rings. The zero-order chi connectivity index (χ0) is 11.7. The minimum Gasteiger partial charge on any atom is -0.299 e. The van der Waals surface area contributed by atoms with Crippen molar-refractivity contribution in [1.29, 1.82) is 0 Å². The van der Waals surface area contributed by atoms with E-state index in [-0.39, 0.29) is 23.5 Å². The zero-order valence-corrected chi connectivity index (χ0v) is 8.97. The van der Waals surface area contributed by atoms with Crippen molar-refractivity contribution in [2.45, 2.75) is 32.2 Å². The summed E-state index contributed by atoms with van der Waals surface area (Å²) < 4.78 is 1.32. The van der Waals surface area contributed by atoms with Crippen LogP contribution in [0.5, 0.6) is 0 Å². The molecule has 2 rings (SSSR count). The Hall–Kier alpha value is -1.78. The number of aryl methyl sites for hydroxylation is 1. The van der Waals surface area contributed by atoms with Crippen LogP contribution in [-0.2, 0) is 9.59 Å². The van der Waals surface area contributed by atoms with Crippen molar-refractivity contribution in [1.82, 2.24) is 9.55 Å². The van der Waals surface area contributed by atoms with E-state index in [9.17, 15) is 14.4 Å². The topological polar surface area (TPSA) is 69.0 Å². The van der Waals surface area contributed by atoms with Crippen LogP contribution in [0.2, 0.25) is 0 Å². The summed E-state index contributed by atoms with van der Waals surface area (Å²) in [6.07, 6.45) is 2.08. The molecule has 16 heavy (non-hydrogen) atoms. The third-order valence-electron chi connectivity index (χ3n) is 2.75. The van der Waals surface area contributed by atoms with E-state index in [2.05, 4.69) is 4.98 Å². The molecule has 0 aromatic carbocycles. The Balaban J connectivity index is 2.34. The summed E-state index contributed by atoms with van der Waals surface area (Å²) in [6.45, 7) is 1.72. The summed E-state index contributed by atoms with van der Waals surface area (Å²) in [7, 11) is 0. The summed E-state index contributed by atoms with van der Waals surface area (Å²) >= 11 is 0. The van der Waals surface area contributed by atoms with Crippen LogP contribution < -0.4 is 5.56 Å². The number of hydrogen-bond acceptors (Lipinski definition) is 4. The van der Waals surface area contributed by atoms with Crippen LogP contribution in [0.3, 0.4) is 0 Å². The van der Waals surface area contributed by atoms with Gasteiger partial charge in [0.05, 0.1) is 18.8 Å². The Morgan fingerprint density at radius 1 is 1.38 bits per heavy atom. The molecule has 0 bridgehead atoms. The fourth-order valence-corrected chi connectivity index (χ4v) is 1.89. The van der Waals surface area contributed by atoms with Crippen molar-refractivity contribution in [3.05, 3.63) is 28.4 Å². The molecule has 1 heterocycles. The SMILES string of the molecule is Cc1cc(=O)n(C2CCC(=O)CC2=O)cn1. The van der Waals surface area contributed by atoms with Gasteiger partial charge in [0.25, 0.3) is 5.56 Å². The lowest BCUT2D eigenvalue weighted by atomic mass is 9.93. The predicted molar refractivity (Wildman–Crippen MR) is 56.1 cm³/mol. The van der Waals surface area contributed by atoms with Gasteiger partial charge in [-0.25, -0.2) is 4.98 Å². The lowest BCUT2D eigenvalue weighted by molar-refractivity contribution is -0.132. The van der Waals surface area contributed by atoms with E-state index < -0.39 is 6.04 Å². The van der Waals surface area contributed by atoms with Crippen molar-refractivity contribution in [3.8, 4) is 0 Å². The van der Waals surface area contributed by atoms with Crippen molar-refractivity contribution in [2.24, 2.45) is 0 Å². The first-order chi connectivity index (χ1) is 7.58. The lowest BCUT2D eigenvalue weighted by Gasteiger charge is -2.21. The minimum atomic E-state index is -0.515. The number of nitrogens with zero attached hydrogens (tertiary/aromatic N) is 2. The van der Waals surface area contributed by atoms with Gasteiger partial charge < -0.3 is 0 Å². The van der Waals surface area contributed by atoms with Crippen LogP contribution in [0, 0.1) is 6.92 Å². The van der Waals surface area contributed by atoms with E-state index in [0.717, 1.165) is 0 Å². The average Bonchev–Trinajstić information content (AvgIpc) is 2.19. The van der Waals surface area contributed by atoms with Crippen LogP contribution in [0.4, 0.5) is 0 Å². The summed E-state index contributed by atoms with van der Waals surface area (Å²) in [4.78, 5) is 38.3. The van der Waals surface area contributed by atoms with E-state index in [4.69, 9.17) is 0 Å². The van der Waals surface area contributed by atoms with Gasteiger partial charge >= 0.3 is 0 Å². The van der Waals surface area contributed by atoms with Gasteiger partial charge in [0.15, 0.2) is 5.78 Å². The summed E-state index contributed by atoms with van der Waals surface area (Å²) in [5.74, 6) is -0.238. The molecule has 1 aliphatic carbocycles. The molecule has 1 unspecified atom stereocenters. The standard InChI is InChI=1S/C11H12N2O3/c1-7-4-11(16)13(6-12-7)9-3-2-8(14)5-10(9)15/h4,6,9H,2-3,5H2,1H3. The number of ketones is 2. The predicted octanol–water partition coefficient (Wildman–Crippen LogP) is 0.415. The van der Waals surface area contributed by atoms with Gasteiger partial charge in [-0.05, 0) is 13.3 Å². The molecule has 1 aliphatic rings. The first-order valence-electron chi connectivity index (χ1n) is 5.17. The summed E-state index contributed by atoms with van der Waals surface area (Å²) in [6, 6.07) is 0.877. The van der Waals surface area contributed by atoms with E-state index >= 15 is 0 Å². The van der Waals surface area contributed by atoms with Crippen LogP contribution in [0.1, 0.15) is 31.0 Å². The quantitative estimate of drug-likeness (QED) is 0.643. The molecule has 1 saturated carbocycles. The highest BCUT2D eigenvalue weighted by atomic mass is 16.2. The smallest absolute Gasteiger partial charge is 0.254 e. The number of rotatable bonds is 1. The number of Topliss-reactive ketones (excluding diaryl/α,β-unsaturated/α-hetero) is 2. The molecule has 0 N–H and O–H groups in total. The average molecular weight is 220 g/mol. The Morgan fingerprint density at radius 2 is 2.12 bits per heavy atom. The Morgan fingerprint density at radius 3 is 2.75 bits per heavy atom.